The Morgan fingerprint density at radius 2 is 2.15 bits per heavy atom. The molecule has 1 aromatic heterocycles. The van der Waals surface area contributed by atoms with Gasteiger partial charge in [-0.25, -0.2) is 13.8 Å². The topological polar surface area (TPSA) is 52.0 Å². The van der Waals surface area contributed by atoms with E-state index in [1.54, 1.807) is 6.92 Å². The van der Waals surface area contributed by atoms with Gasteiger partial charge in [-0.3, -0.25) is 0 Å². The normalized spacial score (nSPS) is 12.1. The van der Waals surface area contributed by atoms with Crippen molar-refractivity contribution in [3.8, 4) is 0 Å². The molecule has 0 aliphatic carbocycles. The SMILES string of the molecule is Cc1nc(CC(C)(F)F)oc1CN. The first kappa shape index (κ1) is 10.1. The largest absolute Gasteiger partial charge is 0.444 e. The van der Waals surface area contributed by atoms with E-state index < -0.39 is 12.3 Å². The first-order chi connectivity index (χ1) is 5.92. The Bertz CT molecular complexity index is 291. The number of nitrogens with zero attached hydrogens (tertiary/aromatic N) is 1. The highest BCUT2D eigenvalue weighted by Crippen LogP contribution is 2.20. The average molecular weight is 190 g/mol. The maximum Gasteiger partial charge on any atom is 0.254 e. The van der Waals surface area contributed by atoms with E-state index in [4.69, 9.17) is 10.2 Å². The van der Waals surface area contributed by atoms with Gasteiger partial charge in [0.2, 0.25) is 5.89 Å². The van der Waals surface area contributed by atoms with Crippen LogP contribution in [0, 0.1) is 6.92 Å². The molecule has 0 amide bonds. The van der Waals surface area contributed by atoms with E-state index >= 15 is 0 Å². The number of rotatable bonds is 3. The quantitative estimate of drug-likeness (QED) is 0.788. The number of alkyl halides is 2. The second-order valence-electron chi connectivity index (χ2n) is 3.07. The summed E-state index contributed by atoms with van der Waals surface area (Å²) in [7, 11) is 0. The van der Waals surface area contributed by atoms with E-state index in [1.807, 2.05) is 0 Å². The molecule has 13 heavy (non-hydrogen) atoms. The van der Waals surface area contributed by atoms with Crippen LogP contribution in [0.4, 0.5) is 8.78 Å². The van der Waals surface area contributed by atoms with Gasteiger partial charge in [-0.2, -0.15) is 0 Å². The van der Waals surface area contributed by atoms with E-state index in [1.165, 1.54) is 0 Å². The van der Waals surface area contributed by atoms with E-state index in [-0.39, 0.29) is 12.4 Å². The molecule has 3 nitrogen and oxygen atoms in total. The molecule has 0 aliphatic heterocycles. The zero-order valence-electron chi connectivity index (χ0n) is 7.60. The van der Waals surface area contributed by atoms with Gasteiger partial charge >= 0.3 is 0 Å². The molecule has 0 bridgehead atoms. The summed E-state index contributed by atoms with van der Waals surface area (Å²) >= 11 is 0. The summed E-state index contributed by atoms with van der Waals surface area (Å²) in [5.74, 6) is -2.27. The number of hydrogen-bond acceptors (Lipinski definition) is 3. The molecule has 1 aromatic rings. The van der Waals surface area contributed by atoms with Gasteiger partial charge in [-0.05, 0) is 13.8 Å². The van der Waals surface area contributed by atoms with Crippen molar-refractivity contribution in [2.45, 2.75) is 32.7 Å². The fraction of sp³-hybridized carbons (Fsp3) is 0.625. The van der Waals surface area contributed by atoms with Crippen LogP contribution in [0.2, 0.25) is 0 Å². The molecular weight excluding hydrogens is 178 g/mol. The molecule has 0 unspecified atom stereocenters. The maximum absolute atomic E-state index is 12.5. The van der Waals surface area contributed by atoms with Crippen LogP contribution in [-0.4, -0.2) is 10.9 Å². The second-order valence-corrected chi connectivity index (χ2v) is 3.07. The minimum atomic E-state index is -2.79. The van der Waals surface area contributed by atoms with Crippen LogP contribution < -0.4 is 5.73 Å². The molecule has 5 heteroatoms. The fourth-order valence-electron chi connectivity index (χ4n) is 1.02. The number of aryl methyl sites for hydroxylation is 1. The Kier molecular flexibility index (Phi) is 2.66. The lowest BCUT2D eigenvalue weighted by Crippen LogP contribution is -2.13. The lowest BCUT2D eigenvalue weighted by Gasteiger charge is -2.05. The third-order valence-electron chi connectivity index (χ3n) is 1.58. The highest BCUT2D eigenvalue weighted by atomic mass is 19.3. The second kappa shape index (κ2) is 3.41. The molecule has 0 radical (unpaired) electrons. The van der Waals surface area contributed by atoms with Gasteiger partial charge in [-0.15, -0.1) is 0 Å². The lowest BCUT2D eigenvalue weighted by atomic mass is 10.3. The molecule has 2 N–H and O–H groups in total. The molecule has 1 heterocycles. The molecule has 74 valence electrons. The Hall–Kier alpha value is -0.970. The summed E-state index contributed by atoms with van der Waals surface area (Å²) in [6.07, 6.45) is -0.478. The zero-order chi connectivity index (χ0) is 10.1. The van der Waals surface area contributed by atoms with E-state index in [2.05, 4.69) is 4.98 Å². The number of aromatic nitrogens is 1. The lowest BCUT2D eigenvalue weighted by molar-refractivity contribution is 0.0161. The van der Waals surface area contributed by atoms with Crippen LogP contribution >= 0.6 is 0 Å². The van der Waals surface area contributed by atoms with E-state index in [0.29, 0.717) is 11.5 Å². The fourth-order valence-corrected chi connectivity index (χ4v) is 1.02. The Labute approximate surface area is 74.9 Å². The van der Waals surface area contributed by atoms with Gasteiger partial charge in [0, 0.05) is 0 Å². The maximum atomic E-state index is 12.5. The van der Waals surface area contributed by atoms with Crippen molar-refractivity contribution in [3.05, 3.63) is 17.3 Å². The highest BCUT2D eigenvalue weighted by molar-refractivity contribution is 5.07. The Morgan fingerprint density at radius 3 is 2.54 bits per heavy atom. The van der Waals surface area contributed by atoms with Crippen LogP contribution in [0.3, 0.4) is 0 Å². The standard InChI is InChI=1S/C8H12F2N2O/c1-5-6(4-11)13-7(12-5)3-8(2,9)10/h3-4,11H2,1-2H3. The third-order valence-corrected chi connectivity index (χ3v) is 1.58. The van der Waals surface area contributed by atoms with Crippen molar-refractivity contribution in [1.82, 2.24) is 4.98 Å². The van der Waals surface area contributed by atoms with Crippen LogP contribution in [0.25, 0.3) is 0 Å². The van der Waals surface area contributed by atoms with Crippen LogP contribution in [-0.2, 0) is 13.0 Å². The Balaban J connectivity index is 2.80. The predicted octanol–water partition coefficient (Wildman–Crippen LogP) is 1.64. The van der Waals surface area contributed by atoms with Crippen LogP contribution in [0.5, 0.6) is 0 Å². The van der Waals surface area contributed by atoms with Gasteiger partial charge in [0.25, 0.3) is 5.92 Å². The van der Waals surface area contributed by atoms with E-state index in [0.717, 1.165) is 6.92 Å². The van der Waals surface area contributed by atoms with Gasteiger partial charge in [0.1, 0.15) is 5.76 Å². The minimum Gasteiger partial charge on any atom is -0.444 e. The first-order valence-electron chi connectivity index (χ1n) is 3.95. The third kappa shape index (κ3) is 2.77. The molecule has 0 aliphatic rings. The monoisotopic (exact) mass is 190 g/mol. The van der Waals surface area contributed by atoms with Gasteiger partial charge < -0.3 is 10.2 Å². The number of nitrogens with two attached hydrogens (primary N) is 1. The van der Waals surface area contributed by atoms with Gasteiger partial charge in [-0.1, -0.05) is 0 Å². The molecule has 0 saturated carbocycles. The first-order valence-corrected chi connectivity index (χ1v) is 3.95. The highest BCUT2D eigenvalue weighted by Gasteiger charge is 2.25. The van der Waals surface area contributed by atoms with Crippen molar-refractivity contribution in [1.29, 1.82) is 0 Å². The van der Waals surface area contributed by atoms with Gasteiger partial charge in [0.15, 0.2) is 0 Å². The summed E-state index contributed by atoms with van der Waals surface area (Å²) in [4.78, 5) is 3.84. The van der Waals surface area contributed by atoms with Crippen molar-refractivity contribution >= 4 is 0 Å². The summed E-state index contributed by atoms with van der Waals surface area (Å²) in [6.45, 7) is 2.70. The summed E-state index contributed by atoms with van der Waals surface area (Å²) in [5.41, 5.74) is 5.89. The van der Waals surface area contributed by atoms with E-state index in [9.17, 15) is 8.78 Å². The molecule has 0 aromatic carbocycles. The number of oxazole rings is 1. The number of hydrogen-bond donors (Lipinski definition) is 1. The van der Waals surface area contributed by atoms with Crippen LogP contribution in [0.1, 0.15) is 24.3 Å². The predicted molar refractivity (Wildman–Crippen MR) is 43.5 cm³/mol. The molecule has 0 spiro atoms. The molecule has 1 rings (SSSR count). The average Bonchev–Trinajstić information content (AvgIpc) is 2.26. The molecule has 0 saturated heterocycles. The van der Waals surface area contributed by atoms with Crippen molar-refractivity contribution in [2.75, 3.05) is 0 Å². The zero-order valence-corrected chi connectivity index (χ0v) is 7.60. The van der Waals surface area contributed by atoms with Crippen molar-refractivity contribution in [3.63, 3.8) is 0 Å². The van der Waals surface area contributed by atoms with Crippen molar-refractivity contribution in [2.24, 2.45) is 5.73 Å². The molecule has 0 fully saturated rings. The van der Waals surface area contributed by atoms with Gasteiger partial charge in [0.05, 0.1) is 18.7 Å². The van der Waals surface area contributed by atoms with Crippen LogP contribution in [0.15, 0.2) is 4.42 Å². The smallest absolute Gasteiger partial charge is 0.254 e. The number of halogens is 2. The van der Waals surface area contributed by atoms with Crippen molar-refractivity contribution < 1.29 is 13.2 Å². The summed E-state index contributed by atoms with van der Waals surface area (Å²) in [5, 5.41) is 0. The summed E-state index contributed by atoms with van der Waals surface area (Å²) < 4.78 is 30.1. The Morgan fingerprint density at radius 1 is 1.54 bits per heavy atom. The molecular formula is C8H12F2N2O. The minimum absolute atomic E-state index is 0.0467. The molecule has 0 atom stereocenters. The summed E-state index contributed by atoms with van der Waals surface area (Å²) in [6, 6.07) is 0.